The molecule has 0 N–H and O–H groups in total. The lowest BCUT2D eigenvalue weighted by Gasteiger charge is -2.05. The van der Waals surface area contributed by atoms with Crippen molar-refractivity contribution in [1.82, 2.24) is 0 Å². The summed E-state index contributed by atoms with van der Waals surface area (Å²) in [4.78, 5) is 21.5. The molecule has 0 aliphatic heterocycles. The van der Waals surface area contributed by atoms with Gasteiger partial charge in [0, 0.05) is 11.6 Å². The van der Waals surface area contributed by atoms with E-state index in [1.165, 1.54) is 6.07 Å². The van der Waals surface area contributed by atoms with E-state index in [1.807, 2.05) is 0 Å². The Morgan fingerprint density at radius 3 is 2.75 bits per heavy atom. The third-order valence-electron chi connectivity index (χ3n) is 2.25. The Bertz CT molecular complexity index is 414. The monoisotopic (exact) mass is 223 g/mol. The first kappa shape index (κ1) is 12.2. The minimum atomic E-state index is -0.454. The Kier molecular flexibility index (Phi) is 3.99. The quantitative estimate of drug-likeness (QED) is 0.444. The predicted molar refractivity (Wildman–Crippen MR) is 58.2 cm³/mol. The van der Waals surface area contributed by atoms with E-state index in [4.69, 9.17) is 4.74 Å². The molecule has 0 bridgehead atoms. The summed E-state index contributed by atoms with van der Waals surface area (Å²) in [6.07, 6.45) is 0.0708. The number of hydrogen-bond acceptors (Lipinski definition) is 4. The fourth-order valence-corrected chi connectivity index (χ4v) is 1.43. The van der Waals surface area contributed by atoms with E-state index in [2.05, 4.69) is 0 Å². The second kappa shape index (κ2) is 5.25. The van der Waals surface area contributed by atoms with E-state index in [0.717, 1.165) is 0 Å². The predicted octanol–water partition coefficient (Wildman–Crippen LogP) is 2.01. The maximum atomic E-state index is 11.3. The molecule has 0 saturated carbocycles. The van der Waals surface area contributed by atoms with Gasteiger partial charge in [0.1, 0.15) is 0 Å². The number of carbonyl (C=O) groups is 1. The Morgan fingerprint density at radius 1 is 1.50 bits per heavy atom. The van der Waals surface area contributed by atoms with Crippen molar-refractivity contribution >= 4 is 11.7 Å². The summed E-state index contributed by atoms with van der Waals surface area (Å²) in [5, 5.41) is 10.7. The Labute approximate surface area is 93.2 Å². The molecule has 0 aliphatic carbocycles. The van der Waals surface area contributed by atoms with Gasteiger partial charge in [0.25, 0.3) is 5.69 Å². The molecular weight excluding hydrogens is 210 g/mol. The minimum Gasteiger partial charge on any atom is -0.466 e. The summed E-state index contributed by atoms with van der Waals surface area (Å²) in [5.74, 6) is -0.369. The Balaban J connectivity index is 2.93. The molecule has 0 atom stereocenters. The molecule has 0 aromatic heterocycles. The molecular formula is C11H13NO4. The van der Waals surface area contributed by atoms with Gasteiger partial charge in [0.2, 0.25) is 0 Å². The van der Waals surface area contributed by atoms with E-state index in [9.17, 15) is 14.9 Å². The molecule has 1 rings (SSSR count). The second-order valence-electron chi connectivity index (χ2n) is 3.30. The number of rotatable bonds is 4. The smallest absolute Gasteiger partial charge is 0.310 e. The maximum Gasteiger partial charge on any atom is 0.310 e. The molecule has 1 aromatic carbocycles. The van der Waals surface area contributed by atoms with Crippen molar-refractivity contribution < 1.29 is 14.5 Å². The summed E-state index contributed by atoms with van der Waals surface area (Å²) in [6, 6.07) is 4.68. The van der Waals surface area contributed by atoms with Crippen LogP contribution in [0.15, 0.2) is 18.2 Å². The zero-order valence-corrected chi connectivity index (χ0v) is 9.23. The maximum absolute atomic E-state index is 11.3. The van der Waals surface area contributed by atoms with E-state index in [1.54, 1.807) is 26.0 Å². The van der Waals surface area contributed by atoms with Gasteiger partial charge in [0.15, 0.2) is 0 Å². The number of esters is 1. The Morgan fingerprint density at radius 2 is 2.19 bits per heavy atom. The van der Waals surface area contributed by atoms with Crippen LogP contribution in [-0.2, 0) is 16.0 Å². The normalized spacial score (nSPS) is 9.88. The third-order valence-corrected chi connectivity index (χ3v) is 2.25. The van der Waals surface area contributed by atoms with E-state index >= 15 is 0 Å². The van der Waals surface area contributed by atoms with Crippen LogP contribution < -0.4 is 0 Å². The second-order valence-corrected chi connectivity index (χ2v) is 3.30. The number of nitro groups is 1. The van der Waals surface area contributed by atoms with Crippen molar-refractivity contribution in [2.24, 2.45) is 0 Å². The van der Waals surface area contributed by atoms with Gasteiger partial charge in [-0.15, -0.1) is 0 Å². The lowest BCUT2D eigenvalue weighted by molar-refractivity contribution is -0.385. The van der Waals surface area contributed by atoms with Crippen LogP contribution in [0.4, 0.5) is 5.69 Å². The number of nitro benzene ring substituents is 1. The first-order valence-corrected chi connectivity index (χ1v) is 4.94. The zero-order chi connectivity index (χ0) is 12.1. The van der Waals surface area contributed by atoms with Crippen LogP contribution in [0.25, 0.3) is 0 Å². The average Bonchev–Trinajstić information content (AvgIpc) is 2.21. The molecule has 0 saturated heterocycles. The van der Waals surface area contributed by atoms with Gasteiger partial charge < -0.3 is 4.74 Å². The first-order chi connectivity index (χ1) is 7.56. The molecule has 0 heterocycles. The molecule has 0 unspecified atom stereocenters. The summed E-state index contributed by atoms with van der Waals surface area (Å²) in [5.41, 5.74) is 1.18. The van der Waals surface area contributed by atoms with Crippen LogP contribution in [0.3, 0.4) is 0 Å². The Hall–Kier alpha value is -1.91. The van der Waals surface area contributed by atoms with Gasteiger partial charge in [-0.2, -0.15) is 0 Å². The molecule has 0 aliphatic rings. The van der Waals surface area contributed by atoms with Crippen LogP contribution in [0.1, 0.15) is 18.1 Å². The number of benzene rings is 1. The van der Waals surface area contributed by atoms with Crippen LogP contribution >= 0.6 is 0 Å². The molecule has 1 aromatic rings. The molecule has 5 heteroatoms. The van der Waals surface area contributed by atoms with Crippen LogP contribution in [0, 0.1) is 17.0 Å². The zero-order valence-electron chi connectivity index (χ0n) is 9.23. The van der Waals surface area contributed by atoms with Gasteiger partial charge in [-0.1, -0.05) is 12.1 Å². The average molecular weight is 223 g/mol. The molecule has 5 nitrogen and oxygen atoms in total. The summed E-state index contributed by atoms with van der Waals surface area (Å²) in [7, 11) is 0. The summed E-state index contributed by atoms with van der Waals surface area (Å²) < 4.78 is 4.79. The largest absolute Gasteiger partial charge is 0.466 e. The lowest BCUT2D eigenvalue weighted by atomic mass is 10.0. The number of hydrogen-bond donors (Lipinski definition) is 0. The molecule has 86 valence electrons. The standard InChI is InChI=1S/C11H13NO4/c1-3-16-11(13)7-9-5-4-6-10(8(9)2)12(14)15/h4-6H,3,7H2,1-2H3. The summed E-state index contributed by atoms with van der Waals surface area (Å²) >= 11 is 0. The topological polar surface area (TPSA) is 69.4 Å². The highest BCUT2D eigenvalue weighted by atomic mass is 16.6. The van der Waals surface area contributed by atoms with Crippen LogP contribution in [0.5, 0.6) is 0 Å². The van der Waals surface area contributed by atoms with Gasteiger partial charge in [-0.05, 0) is 19.4 Å². The van der Waals surface area contributed by atoms with Gasteiger partial charge >= 0.3 is 5.97 Å². The van der Waals surface area contributed by atoms with E-state index in [-0.39, 0.29) is 18.1 Å². The lowest BCUT2D eigenvalue weighted by Crippen LogP contribution is -2.09. The highest BCUT2D eigenvalue weighted by molar-refractivity contribution is 5.73. The van der Waals surface area contributed by atoms with Crippen LogP contribution in [0.2, 0.25) is 0 Å². The first-order valence-electron chi connectivity index (χ1n) is 4.94. The van der Waals surface area contributed by atoms with Gasteiger partial charge in [-0.3, -0.25) is 14.9 Å². The molecule has 0 spiro atoms. The van der Waals surface area contributed by atoms with E-state index in [0.29, 0.717) is 17.7 Å². The summed E-state index contributed by atoms with van der Waals surface area (Å²) in [6.45, 7) is 3.66. The third kappa shape index (κ3) is 2.79. The SMILES string of the molecule is CCOC(=O)Cc1cccc([N+](=O)[O-])c1C. The van der Waals surface area contributed by atoms with Crippen molar-refractivity contribution in [3.63, 3.8) is 0 Å². The van der Waals surface area contributed by atoms with Crippen molar-refractivity contribution in [2.75, 3.05) is 6.61 Å². The minimum absolute atomic E-state index is 0.0294. The highest BCUT2D eigenvalue weighted by Gasteiger charge is 2.15. The van der Waals surface area contributed by atoms with Crippen molar-refractivity contribution in [1.29, 1.82) is 0 Å². The van der Waals surface area contributed by atoms with E-state index < -0.39 is 4.92 Å². The molecule has 0 radical (unpaired) electrons. The molecule has 0 amide bonds. The van der Waals surface area contributed by atoms with Gasteiger partial charge in [-0.25, -0.2) is 0 Å². The van der Waals surface area contributed by atoms with Crippen molar-refractivity contribution in [3.05, 3.63) is 39.4 Å². The van der Waals surface area contributed by atoms with Gasteiger partial charge in [0.05, 0.1) is 18.0 Å². The van der Waals surface area contributed by atoms with Crippen molar-refractivity contribution in [3.8, 4) is 0 Å². The number of carbonyl (C=O) groups excluding carboxylic acids is 1. The highest BCUT2D eigenvalue weighted by Crippen LogP contribution is 2.21. The van der Waals surface area contributed by atoms with Crippen molar-refractivity contribution in [2.45, 2.75) is 20.3 Å². The molecule has 16 heavy (non-hydrogen) atoms. The number of ether oxygens (including phenoxy) is 1. The number of nitrogens with zero attached hydrogens (tertiary/aromatic N) is 1. The van der Waals surface area contributed by atoms with Crippen LogP contribution in [-0.4, -0.2) is 17.5 Å². The fraction of sp³-hybridized carbons (Fsp3) is 0.364. The molecule has 0 fully saturated rings. The fourth-order valence-electron chi connectivity index (χ4n) is 1.43.